The van der Waals surface area contributed by atoms with Crippen molar-refractivity contribution in [1.29, 1.82) is 0 Å². The molecular weight excluding hydrogens is 1380 g/mol. The van der Waals surface area contributed by atoms with Gasteiger partial charge in [-0.1, -0.05) is 109 Å². The van der Waals surface area contributed by atoms with Gasteiger partial charge in [0, 0.05) is 95.0 Å². The molecule has 11 rings (SSSR count). The van der Waals surface area contributed by atoms with E-state index in [1.807, 2.05) is 78.9 Å². The number of likely N-dealkylation sites (N-methyl/N-ethyl adjacent to an activating group) is 2. The van der Waals surface area contributed by atoms with Crippen LogP contribution in [0.5, 0.6) is 5.75 Å². The number of likely N-dealkylation sites (tertiary alicyclic amines) is 2. The topological polar surface area (TPSA) is 180 Å². The summed E-state index contributed by atoms with van der Waals surface area (Å²) in [5.74, 6) is -2.27. The second kappa shape index (κ2) is 33.4. The highest BCUT2D eigenvalue weighted by Gasteiger charge is 2.50. The van der Waals surface area contributed by atoms with Crippen molar-refractivity contribution in [2.75, 3.05) is 91.7 Å². The summed E-state index contributed by atoms with van der Waals surface area (Å²) in [6, 6.07) is 45.6. The van der Waals surface area contributed by atoms with Crippen molar-refractivity contribution in [2.24, 2.45) is 0 Å². The molecule has 2 atom stereocenters. The fourth-order valence-electron chi connectivity index (χ4n) is 14.3. The summed E-state index contributed by atoms with van der Waals surface area (Å²) in [6.07, 6.45) is -8.21. The Morgan fingerprint density at radius 3 is 1.92 bits per heavy atom. The first kappa shape index (κ1) is 77.4. The quantitative estimate of drug-likeness (QED) is 0.0343. The molecule has 18 nitrogen and oxygen atoms in total. The Bertz CT molecular complexity index is 4190. The molecule has 106 heavy (non-hydrogen) atoms. The van der Waals surface area contributed by atoms with Crippen LogP contribution in [0.1, 0.15) is 125 Å². The molecule has 0 bridgehead atoms. The monoisotopic (exact) mass is 1470 g/mol. The van der Waals surface area contributed by atoms with Crippen molar-refractivity contribution >= 4 is 41.6 Å². The summed E-state index contributed by atoms with van der Waals surface area (Å²) in [6.45, 7) is 9.14. The van der Waals surface area contributed by atoms with E-state index in [0.29, 0.717) is 119 Å². The molecule has 7 aromatic carbocycles. The van der Waals surface area contributed by atoms with E-state index in [4.69, 9.17) is 23.7 Å². The molecule has 3 aliphatic heterocycles. The van der Waals surface area contributed by atoms with Crippen LogP contribution in [0.2, 0.25) is 0 Å². The van der Waals surface area contributed by atoms with Gasteiger partial charge in [-0.3, -0.25) is 29.4 Å². The Labute approximate surface area is 612 Å². The van der Waals surface area contributed by atoms with Gasteiger partial charge in [0.05, 0.1) is 29.5 Å². The highest BCUT2D eigenvalue weighted by atomic mass is 19.4. The number of ether oxygens (including phenoxy) is 5. The summed E-state index contributed by atoms with van der Waals surface area (Å²) >= 11 is 0. The van der Waals surface area contributed by atoms with Crippen molar-refractivity contribution in [3.63, 3.8) is 0 Å². The van der Waals surface area contributed by atoms with Crippen LogP contribution in [0, 0.1) is 5.82 Å². The maximum Gasteiger partial charge on any atom is 0.416 e. The van der Waals surface area contributed by atoms with Crippen molar-refractivity contribution in [3.05, 3.63) is 226 Å². The minimum Gasteiger partial charge on any atom is -0.446 e. The summed E-state index contributed by atoms with van der Waals surface area (Å²) in [5, 5.41) is 2.92. The molecule has 3 fully saturated rings. The van der Waals surface area contributed by atoms with Crippen molar-refractivity contribution in [3.8, 4) is 16.9 Å². The van der Waals surface area contributed by atoms with Gasteiger partial charge in [-0.15, -0.1) is 0 Å². The lowest BCUT2D eigenvalue weighted by Crippen LogP contribution is -2.50. The first-order chi connectivity index (χ1) is 50.5. The molecule has 0 aromatic heterocycles. The number of nitrogens with zero attached hydrogens (tertiary/aromatic N) is 6. The van der Waals surface area contributed by atoms with Crippen molar-refractivity contribution in [2.45, 2.75) is 126 Å². The fraction of sp³-hybridized carbons (Fsp3) is 0.407. The van der Waals surface area contributed by atoms with E-state index in [2.05, 4.69) is 27.2 Å². The van der Waals surface area contributed by atoms with Crippen LogP contribution >= 0.6 is 0 Å². The van der Waals surface area contributed by atoms with Gasteiger partial charge in [-0.05, 0) is 173 Å². The van der Waals surface area contributed by atoms with Gasteiger partial charge in [0.2, 0.25) is 5.91 Å². The Hall–Kier alpha value is -9.69. The highest BCUT2D eigenvalue weighted by molar-refractivity contribution is 5.95. The van der Waals surface area contributed by atoms with Gasteiger partial charge in [0.15, 0.2) is 0 Å². The Kier molecular flexibility index (Phi) is 24.4. The Morgan fingerprint density at radius 2 is 1.27 bits per heavy atom. The smallest absolute Gasteiger partial charge is 0.416 e. The Morgan fingerprint density at radius 1 is 0.660 bits per heavy atom. The van der Waals surface area contributed by atoms with Crippen LogP contribution < -0.4 is 10.1 Å². The lowest BCUT2D eigenvalue weighted by Gasteiger charge is -2.44. The van der Waals surface area contributed by atoms with E-state index in [1.54, 1.807) is 81.1 Å². The van der Waals surface area contributed by atoms with Crippen LogP contribution in [-0.4, -0.2) is 169 Å². The number of carbonyl (C=O) groups excluding carboxylic acids is 6. The lowest BCUT2D eigenvalue weighted by atomic mass is 9.72. The standard InChI is InChI=1S/C81H88F7N7O11/c1-77(2,3)106-76(101)94(50-55-21-25-58(26-22-55)73(98)91(5)44-45-92-39-33-66(34-40-92)105-75(100)89-69-19-12-10-17-67(69)57-14-7-6-8-15-57)51-56-23-31-65(32-24-56)104-72(97)20-13-38-90(4)71(96)52-102-70-48-59-16-9-11-18-68(59)78(70)35-41-93(42-36-78)43-37-79(61-27-29-64(82)30-28-61)53-95(54-103-79)74(99)60-46-62(80(83,84)85)49-63(47-60)81(86,87)88/h6-12,14-19,21-32,46-47,49,66,70H,13,20,33-45,48,50-54H2,1-5H3,(H,89,100)/t70-,79+/m0/s1. The van der Waals surface area contributed by atoms with E-state index < -0.39 is 82.3 Å². The molecule has 7 aromatic rings. The third-order valence-electron chi connectivity index (χ3n) is 20.2. The van der Waals surface area contributed by atoms with E-state index >= 15 is 0 Å². The number of carbonyl (C=O) groups is 6. The molecule has 25 heteroatoms. The number of piperidine rings is 2. The van der Waals surface area contributed by atoms with Gasteiger partial charge in [0.25, 0.3) is 11.8 Å². The normalized spacial score (nSPS) is 17.7. The maximum atomic E-state index is 14.3. The zero-order valence-electron chi connectivity index (χ0n) is 60.0. The fourth-order valence-corrected chi connectivity index (χ4v) is 14.3. The van der Waals surface area contributed by atoms with Crippen LogP contribution in [0.3, 0.4) is 0 Å². The van der Waals surface area contributed by atoms with E-state index in [0.717, 1.165) is 38.3 Å². The number of alkyl halides is 6. The van der Waals surface area contributed by atoms with Crippen molar-refractivity contribution < 1.29 is 83.2 Å². The average molecular weight is 1470 g/mol. The first-order valence-electron chi connectivity index (χ1n) is 35.6. The average Bonchev–Trinajstić information content (AvgIpc) is 1.58. The molecule has 562 valence electrons. The van der Waals surface area contributed by atoms with E-state index in [-0.39, 0.29) is 75.7 Å². The second-order valence-corrected chi connectivity index (χ2v) is 28.8. The molecular formula is C81H88F7N7O11. The number of hydrogen-bond donors (Lipinski definition) is 1. The van der Waals surface area contributed by atoms with Crippen molar-refractivity contribution in [1.82, 2.24) is 29.4 Å². The molecule has 4 aliphatic rings. The number of para-hydroxylation sites is 1. The largest absolute Gasteiger partial charge is 0.446 e. The molecule has 0 saturated carbocycles. The number of benzene rings is 7. The number of amides is 5. The molecule has 3 heterocycles. The number of fused-ring (bicyclic) bond motifs is 2. The minimum absolute atomic E-state index is 0.0105. The summed E-state index contributed by atoms with van der Waals surface area (Å²) in [4.78, 5) is 91.2. The zero-order chi connectivity index (χ0) is 75.6. The predicted molar refractivity (Wildman–Crippen MR) is 383 cm³/mol. The summed E-state index contributed by atoms with van der Waals surface area (Å²) in [7, 11) is 3.41. The zero-order valence-corrected chi connectivity index (χ0v) is 60.0. The second-order valence-electron chi connectivity index (χ2n) is 28.8. The van der Waals surface area contributed by atoms with E-state index in [9.17, 15) is 59.5 Å². The minimum atomic E-state index is -5.16. The van der Waals surface area contributed by atoms with Gasteiger partial charge in [-0.25, -0.2) is 14.0 Å². The van der Waals surface area contributed by atoms with E-state index in [1.165, 1.54) is 29.2 Å². The molecule has 3 saturated heterocycles. The van der Waals surface area contributed by atoms with Gasteiger partial charge < -0.3 is 48.2 Å². The number of rotatable bonds is 24. The molecule has 1 spiro atoms. The number of hydrogen-bond acceptors (Lipinski definition) is 13. The molecule has 5 amide bonds. The van der Waals surface area contributed by atoms with Gasteiger partial charge in [-0.2, -0.15) is 26.3 Å². The number of halogens is 7. The Balaban J connectivity index is 0.612. The molecule has 1 N–H and O–H groups in total. The predicted octanol–water partition coefficient (Wildman–Crippen LogP) is 14.8. The van der Waals surface area contributed by atoms with Crippen LogP contribution in [0.4, 0.5) is 46.0 Å². The lowest BCUT2D eigenvalue weighted by molar-refractivity contribution is -0.143. The summed E-state index contributed by atoms with van der Waals surface area (Å²) < 4.78 is 127. The van der Waals surface area contributed by atoms with Crippen LogP contribution in [-0.2, 0) is 71.4 Å². The molecule has 1 aliphatic carbocycles. The first-order valence-corrected chi connectivity index (χ1v) is 35.6. The third-order valence-corrected chi connectivity index (χ3v) is 20.2. The summed E-state index contributed by atoms with van der Waals surface area (Å²) in [5.41, 5.74) is 0.715. The van der Waals surface area contributed by atoms with Gasteiger partial charge >= 0.3 is 30.5 Å². The van der Waals surface area contributed by atoms with Crippen LogP contribution in [0.15, 0.2) is 170 Å². The molecule has 0 radical (unpaired) electrons. The number of nitrogens with one attached hydrogen (secondary N) is 1. The number of esters is 1. The number of anilines is 1. The molecule has 0 unspecified atom stereocenters. The highest BCUT2D eigenvalue weighted by Crippen LogP contribution is 2.49. The maximum absolute atomic E-state index is 14.3. The third kappa shape index (κ3) is 19.7. The van der Waals surface area contributed by atoms with Crippen LogP contribution in [0.25, 0.3) is 11.1 Å². The SMILES string of the molecule is CN(CCCC(=O)Oc1ccc(CN(Cc2ccc(C(=O)N(C)CCN3CCC(OC(=O)Nc4ccccc4-c4ccccc4)CC3)cc2)C(=O)OC(C)(C)C)cc1)C(=O)CO[C@H]1Cc2ccccc2C12CCN(CC[C@]1(c3ccc(F)cc3)CN(C(=O)c3cc(C(F)(F)F)cc(C(F)(F)F)c3)CO1)CC2. The van der Waals surface area contributed by atoms with Gasteiger partial charge in [0.1, 0.15) is 42.2 Å².